The van der Waals surface area contributed by atoms with Crippen LogP contribution < -0.4 is 0 Å². The summed E-state index contributed by atoms with van der Waals surface area (Å²) < 4.78 is 5.66. The third-order valence-corrected chi connectivity index (χ3v) is 5.98. The molecule has 0 atom stereocenters. The quantitative estimate of drug-likeness (QED) is 0.473. The molecule has 0 aliphatic heterocycles. The number of thiophene rings is 2. The Morgan fingerprint density at radius 2 is 1.90 bits per heavy atom. The lowest BCUT2D eigenvalue weighted by atomic mass is 10.2. The minimum Gasteiger partial charge on any atom is -0.232 e. The fourth-order valence-corrected chi connectivity index (χ4v) is 5.28. The Morgan fingerprint density at radius 3 is 2.70 bits per heavy atom. The highest BCUT2D eigenvalue weighted by molar-refractivity contribution is 9.11. The van der Waals surface area contributed by atoms with Crippen LogP contribution in [0.4, 0.5) is 0 Å². The minimum atomic E-state index is 0.937. The molecule has 0 saturated heterocycles. The molecule has 0 radical (unpaired) electrons. The summed E-state index contributed by atoms with van der Waals surface area (Å²) in [7, 11) is 0. The van der Waals surface area contributed by atoms with Crippen molar-refractivity contribution in [3.63, 3.8) is 0 Å². The van der Waals surface area contributed by atoms with E-state index in [1.807, 2.05) is 17.6 Å². The summed E-state index contributed by atoms with van der Waals surface area (Å²) in [6.07, 6.45) is 1.97. The van der Waals surface area contributed by atoms with Crippen LogP contribution in [-0.4, -0.2) is 14.6 Å². The van der Waals surface area contributed by atoms with Gasteiger partial charge < -0.3 is 0 Å². The SMILES string of the molecule is Cc1cn2nc(-c3cc4sc(Br)cc4s3)cc(C)c2n1. The third kappa shape index (κ3) is 1.90. The van der Waals surface area contributed by atoms with Crippen molar-refractivity contribution in [2.24, 2.45) is 0 Å². The molecule has 3 nitrogen and oxygen atoms in total. The van der Waals surface area contributed by atoms with Gasteiger partial charge in [-0.1, -0.05) is 0 Å². The monoisotopic (exact) mass is 363 g/mol. The normalized spacial score (nSPS) is 11.8. The Morgan fingerprint density at radius 1 is 1.10 bits per heavy atom. The maximum atomic E-state index is 4.68. The second-order valence-electron chi connectivity index (χ2n) is 4.75. The summed E-state index contributed by atoms with van der Waals surface area (Å²) in [6, 6.07) is 6.50. The van der Waals surface area contributed by atoms with Crippen LogP contribution in [0.5, 0.6) is 0 Å². The highest BCUT2D eigenvalue weighted by atomic mass is 79.9. The molecular weight excluding hydrogens is 354 g/mol. The molecule has 0 aliphatic rings. The number of aromatic nitrogens is 3. The molecule has 0 fully saturated rings. The number of imidazole rings is 1. The smallest absolute Gasteiger partial charge is 0.156 e. The predicted molar refractivity (Wildman–Crippen MR) is 88.9 cm³/mol. The van der Waals surface area contributed by atoms with E-state index in [-0.39, 0.29) is 0 Å². The van der Waals surface area contributed by atoms with Gasteiger partial charge in [-0.2, -0.15) is 5.10 Å². The van der Waals surface area contributed by atoms with Crippen molar-refractivity contribution < 1.29 is 0 Å². The van der Waals surface area contributed by atoms with Crippen LogP contribution in [0.25, 0.3) is 25.6 Å². The van der Waals surface area contributed by atoms with Gasteiger partial charge in [-0.25, -0.2) is 9.50 Å². The molecule has 100 valence electrons. The molecule has 0 saturated carbocycles. The summed E-state index contributed by atoms with van der Waals surface area (Å²) in [5, 5.41) is 4.68. The van der Waals surface area contributed by atoms with E-state index in [1.165, 1.54) is 18.1 Å². The molecule has 0 spiro atoms. The molecule has 4 heterocycles. The third-order valence-electron chi connectivity index (χ3n) is 3.16. The Balaban J connectivity index is 1.93. The van der Waals surface area contributed by atoms with Crippen LogP contribution in [-0.2, 0) is 0 Å². The van der Waals surface area contributed by atoms with E-state index in [1.54, 1.807) is 22.7 Å². The summed E-state index contributed by atoms with van der Waals surface area (Å²) in [5.41, 5.74) is 4.10. The molecule has 0 aromatic carbocycles. The van der Waals surface area contributed by atoms with E-state index >= 15 is 0 Å². The zero-order valence-electron chi connectivity index (χ0n) is 10.8. The van der Waals surface area contributed by atoms with Crippen LogP contribution in [0, 0.1) is 13.8 Å². The van der Waals surface area contributed by atoms with E-state index in [9.17, 15) is 0 Å². The Bertz CT molecular complexity index is 917. The first-order valence-electron chi connectivity index (χ1n) is 6.13. The van der Waals surface area contributed by atoms with Crippen molar-refractivity contribution >= 4 is 53.7 Å². The lowest BCUT2D eigenvalue weighted by Crippen LogP contribution is -1.95. The summed E-state index contributed by atoms with van der Waals surface area (Å²) >= 11 is 7.07. The van der Waals surface area contributed by atoms with Crippen molar-refractivity contribution in [3.8, 4) is 10.6 Å². The molecule has 6 heteroatoms. The van der Waals surface area contributed by atoms with Crippen LogP contribution in [0.2, 0.25) is 0 Å². The van der Waals surface area contributed by atoms with Crippen LogP contribution in [0.3, 0.4) is 0 Å². The molecule has 0 amide bonds. The molecule has 0 N–H and O–H groups in total. The second kappa shape index (κ2) is 4.38. The lowest BCUT2D eigenvalue weighted by molar-refractivity contribution is 0.935. The van der Waals surface area contributed by atoms with Gasteiger partial charge in [-0.3, -0.25) is 0 Å². The van der Waals surface area contributed by atoms with E-state index in [0.29, 0.717) is 0 Å². The fourth-order valence-electron chi connectivity index (χ4n) is 2.30. The first kappa shape index (κ1) is 12.5. The summed E-state index contributed by atoms with van der Waals surface area (Å²) in [6.45, 7) is 4.08. The predicted octanol–water partition coefficient (Wildman–Crippen LogP) is 5.05. The number of hydrogen-bond donors (Lipinski definition) is 0. The zero-order chi connectivity index (χ0) is 13.9. The first-order chi connectivity index (χ1) is 9.60. The van der Waals surface area contributed by atoms with Gasteiger partial charge in [0.05, 0.1) is 20.6 Å². The molecule has 0 aliphatic carbocycles. The maximum absolute atomic E-state index is 4.68. The van der Waals surface area contributed by atoms with Crippen molar-refractivity contribution in [1.82, 2.24) is 14.6 Å². The minimum absolute atomic E-state index is 0.937. The van der Waals surface area contributed by atoms with E-state index in [4.69, 9.17) is 0 Å². The summed E-state index contributed by atoms with van der Waals surface area (Å²) in [5.74, 6) is 0. The Kier molecular flexibility index (Phi) is 2.73. The molecule has 0 bridgehead atoms. The molecule has 0 unspecified atom stereocenters. The van der Waals surface area contributed by atoms with Crippen LogP contribution in [0.1, 0.15) is 11.3 Å². The van der Waals surface area contributed by atoms with Crippen LogP contribution in [0.15, 0.2) is 28.2 Å². The van der Waals surface area contributed by atoms with Gasteiger partial charge in [0.1, 0.15) is 5.69 Å². The van der Waals surface area contributed by atoms with Gasteiger partial charge >= 0.3 is 0 Å². The van der Waals surface area contributed by atoms with Gasteiger partial charge in [-0.05, 0) is 53.5 Å². The number of hydrogen-bond acceptors (Lipinski definition) is 4. The average Bonchev–Trinajstić information content (AvgIpc) is 3.00. The zero-order valence-corrected chi connectivity index (χ0v) is 14.1. The maximum Gasteiger partial charge on any atom is 0.156 e. The summed E-state index contributed by atoms with van der Waals surface area (Å²) in [4.78, 5) is 5.70. The van der Waals surface area contributed by atoms with Crippen molar-refractivity contribution in [2.75, 3.05) is 0 Å². The van der Waals surface area contributed by atoms with E-state index < -0.39 is 0 Å². The standard InChI is InChI=1S/C14H10BrN3S2/c1-7-3-9(17-18-6-8(2)16-14(7)18)10-4-11-12(19-10)5-13(15)20-11/h3-6H,1-2H3. The Hall–Kier alpha value is -1.24. The van der Waals surface area contributed by atoms with Crippen molar-refractivity contribution in [3.05, 3.63) is 39.4 Å². The number of halogens is 1. The fraction of sp³-hybridized carbons (Fsp3) is 0.143. The number of aryl methyl sites for hydroxylation is 2. The van der Waals surface area contributed by atoms with Gasteiger partial charge in [0.15, 0.2) is 5.65 Å². The molecule has 4 aromatic heterocycles. The number of nitrogens with zero attached hydrogens (tertiary/aromatic N) is 3. The second-order valence-corrected chi connectivity index (χ2v) is 8.30. The first-order valence-corrected chi connectivity index (χ1v) is 8.55. The van der Waals surface area contributed by atoms with Gasteiger partial charge in [0.25, 0.3) is 0 Å². The topological polar surface area (TPSA) is 30.2 Å². The van der Waals surface area contributed by atoms with Crippen molar-refractivity contribution in [2.45, 2.75) is 13.8 Å². The van der Waals surface area contributed by atoms with Gasteiger partial charge in [-0.15, -0.1) is 22.7 Å². The van der Waals surface area contributed by atoms with E-state index in [2.05, 4.69) is 51.1 Å². The lowest BCUT2D eigenvalue weighted by Gasteiger charge is -2.01. The number of rotatable bonds is 1. The Labute approximate surface area is 132 Å². The van der Waals surface area contributed by atoms with Gasteiger partial charge in [0.2, 0.25) is 0 Å². The largest absolute Gasteiger partial charge is 0.232 e. The molecule has 4 aromatic rings. The van der Waals surface area contributed by atoms with Crippen molar-refractivity contribution in [1.29, 1.82) is 0 Å². The molecule has 20 heavy (non-hydrogen) atoms. The average molecular weight is 364 g/mol. The van der Waals surface area contributed by atoms with Gasteiger partial charge in [0, 0.05) is 9.40 Å². The highest BCUT2D eigenvalue weighted by Gasteiger charge is 2.11. The highest BCUT2D eigenvalue weighted by Crippen LogP contribution is 2.39. The van der Waals surface area contributed by atoms with E-state index in [0.717, 1.165) is 22.6 Å². The van der Waals surface area contributed by atoms with Crippen LogP contribution >= 0.6 is 38.6 Å². The molecule has 4 rings (SSSR count). The molecular formula is C14H10BrN3S2. The number of fused-ring (bicyclic) bond motifs is 2.